The van der Waals surface area contributed by atoms with Gasteiger partial charge in [-0.05, 0) is 30.7 Å². The lowest BCUT2D eigenvalue weighted by atomic mass is 9.77. The number of carbonyl (C=O) groups is 3. The first kappa shape index (κ1) is 27.3. The summed E-state index contributed by atoms with van der Waals surface area (Å²) in [5, 5.41) is 23.5. The van der Waals surface area contributed by atoms with Gasteiger partial charge in [0.15, 0.2) is 11.5 Å². The molecule has 0 saturated carbocycles. The van der Waals surface area contributed by atoms with Crippen LogP contribution in [0, 0.1) is 6.92 Å². The lowest BCUT2D eigenvalue weighted by molar-refractivity contribution is -0.141. The van der Waals surface area contributed by atoms with Gasteiger partial charge in [-0.1, -0.05) is 29.8 Å². The van der Waals surface area contributed by atoms with E-state index in [1.54, 1.807) is 12.1 Å². The second-order valence-electron chi connectivity index (χ2n) is 9.34. The van der Waals surface area contributed by atoms with E-state index in [9.17, 15) is 24.6 Å². The van der Waals surface area contributed by atoms with Gasteiger partial charge in [-0.25, -0.2) is 0 Å². The van der Waals surface area contributed by atoms with Gasteiger partial charge in [0.05, 0.1) is 25.7 Å². The van der Waals surface area contributed by atoms with Crippen molar-refractivity contribution in [3.8, 4) is 11.5 Å². The van der Waals surface area contributed by atoms with Gasteiger partial charge in [0.25, 0.3) is 0 Å². The minimum atomic E-state index is -1.22. The van der Waals surface area contributed by atoms with Crippen LogP contribution >= 0.6 is 0 Å². The molecule has 2 aromatic carbocycles. The van der Waals surface area contributed by atoms with Gasteiger partial charge in [0, 0.05) is 36.9 Å². The largest absolute Gasteiger partial charge is 0.493 e. The van der Waals surface area contributed by atoms with Gasteiger partial charge in [0.1, 0.15) is 25.1 Å². The maximum atomic E-state index is 13.3. The standard InChI is InChI=1S/C28H32N2O8/c1-16-4-6-17(7-5-16)13-30(23(33)15-36-2)21-12-20(28(35)29-8-9-31)24-19-10-18(14-32)11-22(37-3)26(19)38-27(24)25(21)34/h4-7,10-12,14,21,24-25,27,31,34H,8-9,13,15H2,1-3H3,(H,29,35). The van der Waals surface area contributed by atoms with Crippen molar-refractivity contribution in [1.29, 1.82) is 0 Å². The van der Waals surface area contributed by atoms with Gasteiger partial charge in [0.2, 0.25) is 11.8 Å². The van der Waals surface area contributed by atoms with Crippen LogP contribution in [0.25, 0.3) is 0 Å². The quantitative estimate of drug-likeness (QED) is 0.394. The smallest absolute Gasteiger partial charge is 0.249 e. The number of ether oxygens (including phenoxy) is 3. The third-order valence-corrected chi connectivity index (χ3v) is 6.83. The number of carbonyl (C=O) groups excluding carboxylic acids is 3. The van der Waals surface area contributed by atoms with Gasteiger partial charge in [-0.2, -0.15) is 0 Å². The fourth-order valence-corrected chi connectivity index (χ4v) is 5.01. The van der Waals surface area contributed by atoms with Crippen LogP contribution < -0.4 is 14.8 Å². The molecule has 2 aromatic rings. The molecule has 2 aliphatic rings. The number of nitrogens with zero attached hydrogens (tertiary/aromatic N) is 1. The Bertz CT molecular complexity index is 1230. The van der Waals surface area contributed by atoms with Crippen molar-refractivity contribution in [1.82, 2.24) is 10.2 Å². The Kier molecular flexibility index (Phi) is 8.45. The highest BCUT2D eigenvalue weighted by Gasteiger charge is 2.51. The highest BCUT2D eigenvalue weighted by molar-refractivity contribution is 5.96. The van der Waals surface area contributed by atoms with E-state index < -0.39 is 30.1 Å². The lowest BCUT2D eigenvalue weighted by Crippen LogP contribution is -2.56. The van der Waals surface area contributed by atoms with Crippen molar-refractivity contribution in [2.45, 2.75) is 37.6 Å². The Labute approximate surface area is 220 Å². The highest BCUT2D eigenvalue weighted by Crippen LogP contribution is 2.51. The number of methoxy groups -OCH3 is 2. The molecule has 1 aliphatic carbocycles. The molecule has 10 heteroatoms. The Hall–Kier alpha value is -3.73. The molecule has 4 unspecified atom stereocenters. The summed E-state index contributed by atoms with van der Waals surface area (Å²) in [6.45, 7) is 1.65. The number of hydrogen-bond donors (Lipinski definition) is 3. The molecule has 4 rings (SSSR count). The van der Waals surface area contributed by atoms with E-state index in [2.05, 4.69) is 5.32 Å². The van der Waals surface area contributed by atoms with E-state index in [0.717, 1.165) is 11.1 Å². The molecule has 38 heavy (non-hydrogen) atoms. The minimum absolute atomic E-state index is 0.0158. The van der Waals surface area contributed by atoms with E-state index in [-0.39, 0.29) is 37.8 Å². The van der Waals surface area contributed by atoms with Crippen LogP contribution in [0.5, 0.6) is 11.5 Å². The van der Waals surface area contributed by atoms with Gasteiger partial charge in [-0.3, -0.25) is 14.4 Å². The summed E-state index contributed by atoms with van der Waals surface area (Å²) >= 11 is 0. The summed E-state index contributed by atoms with van der Waals surface area (Å²) in [5.41, 5.74) is 3.00. The number of aliphatic hydroxyl groups is 2. The molecule has 4 atom stereocenters. The first-order valence-corrected chi connectivity index (χ1v) is 12.3. The summed E-state index contributed by atoms with van der Waals surface area (Å²) in [4.78, 5) is 39.6. The molecule has 0 saturated heterocycles. The molecule has 0 fully saturated rings. The van der Waals surface area contributed by atoms with Crippen molar-refractivity contribution in [3.05, 3.63) is 70.3 Å². The van der Waals surface area contributed by atoms with Crippen molar-refractivity contribution in [2.24, 2.45) is 0 Å². The average molecular weight is 525 g/mol. The second-order valence-corrected chi connectivity index (χ2v) is 9.34. The molecular weight excluding hydrogens is 492 g/mol. The molecule has 2 amide bonds. The molecule has 1 heterocycles. The van der Waals surface area contributed by atoms with E-state index >= 15 is 0 Å². The van der Waals surface area contributed by atoms with Crippen molar-refractivity contribution in [2.75, 3.05) is 34.0 Å². The fourth-order valence-electron chi connectivity index (χ4n) is 5.01. The predicted octanol–water partition coefficient (Wildman–Crippen LogP) is 1.11. The van der Waals surface area contributed by atoms with E-state index in [0.29, 0.717) is 28.9 Å². The zero-order valence-corrected chi connectivity index (χ0v) is 21.5. The molecule has 202 valence electrons. The Balaban J connectivity index is 1.81. The summed E-state index contributed by atoms with van der Waals surface area (Å²) in [6.07, 6.45) is 0.0674. The van der Waals surface area contributed by atoms with Crippen LogP contribution in [0.4, 0.5) is 0 Å². The summed E-state index contributed by atoms with van der Waals surface area (Å²) in [6, 6.07) is 9.85. The van der Waals surface area contributed by atoms with Gasteiger partial charge >= 0.3 is 0 Å². The van der Waals surface area contributed by atoms with Crippen LogP contribution in [0.1, 0.15) is 33.0 Å². The average Bonchev–Trinajstić information content (AvgIpc) is 3.31. The molecule has 10 nitrogen and oxygen atoms in total. The van der Waals surface area contributed by atoms with Crippen LogP contribution in [-0.2, 0) is 20.9 Å². The molecule has 0 spiro atoms. The number of aldehydes is 1. The van der Waals surface area contributed by atoms with Crippen LogP contribution in [0.15, 0.2) is 48.0 Å². The number of fused-ring (bicyclic) bond motifs is 3. The number of nitrogens with one attached hydrogen (secondary N) is 1. The minimum Gasteiger partial charge on any atom is -0.493 e. The van der Waals surface area contributed by atoms with Crippen LogP contribution in [-0.4, -0.2) is 85.4 Å². The van der Waals surface area contributed by atoms with Crippen LogP contribution in [0.2, 0.25) is 0 Å². The Morgan fingerprint density at radius 3 is 2.55 bits per heavy atom. The third-order valence-electron chi connectivity index (χ3n) is 6.83. The SMILES string of the molecule is COCC(=O)N(Cc1ccc(C)cc1)C1C=C(C(=O)NCCO)C2c3cc(C=O)cc(OC)c3OC2C1O. The predicted molar refractivity (Wildman–Crippen MR) is 137 cm³/mol. The number of hydrogen-bond acceptors (Lipinski definition) is 8. The second kappa shape index (κ2) is 11.8. The van der Waals surface area contributed by atoms with E-state index in [1.807, 2.05) is 31.2 Å². The summed E-state index contributed by atoms with van der Waals surface area (Å²) < 4.78 is 16.7. The van der Waals surface area contributed by atoms with Crippen LogP contribution in [0.3, 0.4) is 0 Å². The highest BCUT2D eigenvalue weighted by atomic mass is 16.5. The maximum Gasteiger partial charge on any atom is 0.249 e. The zero-order valence-electron chi connectivity index (χ0n) is 21.5. The van der Waals surface area contributed by atoms with E-state index in [4.69, 9.17) is 14.2 Å². The molecule has 1 aliphatic heterocycles. The maximum absolute atomic E-state index is 13.3. The number of aryl methyl sites for hydroxylation is 1. The zero-order chi connectivity index (χ0) is 27.4. The molecule has 0 radical (unpaired) electrons. The first-order chi connectivity index (χ1) is 18.3. The summed E-state index contributed by atoms with van der Waals surface area (Å²) in [5.74, 6) is -0.972. The molecule has 0 aromatic heterocycles. The van der Waals surface area contributed by atoms with Crippen molar-refractivity contribution in [3.63, 3.8) is 0 Å². The molecular formula is C28H32N2O8. The summed E-state index contributed by atoms with van der Waals surface area (Å²) in [7, 11) is 2.85. The van der Waals surface area contributed by atoms with Gasteiger partial charge < -0.3 is 34.6 Å². The number of rotatable bonds is 10. The Morgan fingerprint density at radius 2 is 1.92 bits per heavy atom. The Morgan fingerprint density at radius 1 is 1.18 bits per heavy atom. The normalized spacial score (nSPS) is 21.4. The third kappa shape index (κ3) is 5.28. The topological polar surface area (TPSA) is 135 Å². The van der Waals surface area contributed by atoms with Crippen molar-refractivity contribution >= 4 is 18.1 Å². The van der Waals surface area contributed by atoms with E-state index in [1.165, 1.54) is 25.2 Å². The van der Waals surface area contributed by atoms with Gasteiger partial charge in [-0.15, -0.1) is 0 Å². The monoisotopic (exact) mass is 524 g/mol. The molecule has 0 bridgehead atoms. The number of amides is 2. The first-order valence-electron chi connectivity index (χ1n) is 12.3. The van der Waals surface area contributed by atoms with Crippen molar-refractivity contribution < 1.29 is 38.8 Å². The fraction of sp³-hybridized carbons (Fsp3) is 0.393. The molecule has 3 N–H and O–H groups in total. The number of aliphatic hydroxyl groups excluding tert-OH is 2. The lowest BCUT2D eigenvalue weighted by Gasteiger charge is -2.40. The number of benzene rings is 2.